The second-order valence-electron chi connectivity index (χ2n) is 20.1. The van der Waals surface area contributed by atoms with Crippen molar-refractivity contribution >= 4 is 34.3 Å². The van der Waals surface area contributed by atoms with Gasteiger partial charge in [0.15, 0.2) is 5.78 Å². The van der Waals surface area contributed by atoms with Crippen molar-refractivity contribution in [3.05, 3.63) is 81.4 Å². The Morgan fingerprint density at radius 3 is 2.28 bits per heavy atom. The van der Waals surface area contributed by atoms with E-state index in [1.807, 2.05) is 13.0 Å². The largest absolute Gasteiger partial charge is 0.481 e. The zero-order chi connectivity index (χ0) is 47.1. The van der Waals surface area contributed by atoms with E-state index in [0.717, 1.165) is 93.2 Å². The van der Waals surface area contributed by atoms with Crippen LogP contribution in [0.4, 0.5) is 18.9 Å². The van der Waals surface area contributed by atoms with Crippen LogP contribution in [0.3, 0.4) is 0 Å². The molecular weight excluding hydrogens is 838 g/mol. The van der Waals surface area contributed by atoms with Crippen LogP contribution in [0.1, 0.15) is 121 Å². The standard InChI is InChI=1S/C21H18F3N3O3.C21H28O2.C9H17NO2/c1-11-9-26(5-4-25-11)19-8-18-13(7-16(19)24)20(28)14(21(29)30)10-27(18)17-3-2-12(22)6-15(17)23;1-4-21(23)12-9-18-16-6-5-14-13-15(22)7-10-19(14,2)17(16)8-11-20(18,21)3;10-7-9(6-8(11)12)4-2-1-3-5-9/h2-3,6-8,10-11,25H,4-5,9H2,1H3,(H,29,30);1,13,16-18,23H,5-12H2,2-3H3;1-7,10H2,(H,11,12)/t;16-,17+,18+,19+,20+,21+;/m.1./s1. The van der Waals surface area contributed by atoms with Crippen molar-refractivity contribution in [2.45, 2.75) is 122 Å². The van der Waals surface area contributed by atoms with E-state index in [1.165, 1.54) is 24.5 Å². The molecule has 350 valence electrons. The first-order chi connectivity index (χ1) is 30.8. The second-order valence-corrected chi connectivity index (χ2v) is 20.1. The predicted octanol–water partition coefficient (Wildman–Crippen LogP) is 8.16. The molecule has 0 bridgehead atoms. The van der Waals surface area contributed by atoms with Crippen molar-refractivity contribution in [3.8, 4) is 18.0 Å². The fraction of sp³-hybridized carbons (Fsp3) is 0.569. The number of hydrogen-bond acceptors (Lipinski definition) is 8. The minimum Gasteiger partial charge on any atom is -0.481 e. The Hall–Kier alpha value is -4.97. The molecule has 1 unspecified atom stereocenters. The Bertz CT molecular complexity index is 2480. The fourth-order valence-electron chi connectivity index (χ4n) is 12.6. The monoisotopic (exact) mass is 900 g/mol. The second kappa shape index (κ2) is 18.7. The number of aromatic nitrogens is 1. The first-order valence-corrected chi connectivity index (χ1v) is 23.2. The molecule has 2 heterocycles. The number of nitrogens with zero attached hydrogens (tertiary/aromatic N) is 2. The minimum atomic E-state index is -1.53. The lowest BCUT2D eigenvalue weighted by atomic mass is 9.46. The molecule has 6 aliphatic rings. The van der Waals surface area contributed by atoms with Crippen LogP contribution in [0.25, 0.3) is 16.6 Å². The number of aromatic carboxylic acids is 1. The zero-order valence-electron chi connectivity index (χ0n) is 37.7. The van der Waals surface area contributed by atoms with Crippen molar-refractivity contribution in [2.24, 2.45) is 39.7 Å². The molecule has 1 aliphatic heterocycles. The number of rotatable bonds is 6. The maximum atomic E-state index is 14.9. The van der Waals surface area contributed by atoms with Gasteiger partial charge in [-0.1, -0.05) is 44.6 Å². The number of nitrogens with one attached hydrogen (secondary N) is 1. The quantitative estimate of drug-likeness (QED) is 0.152. The number of terminal acetylenes is 1. The summed E-state index contributed by atoms with van der Waals surface area (Å²) in [4.78, 5) is 48.4. The SMILES string of the molecule is C#C[C@]1(O)CC[C@H]2[C@@H]3CCC4=CC(=O)CC[C@]4(C)[C@H]3CC[C@@]21C.CC1CN(c2cc3c(cc2F)c(=O)c(C(=O)O)cn3-c2ccc(F)cc2F)CCN1.NCC1(CC(=O)O)CCCCC1. The Morgan fingerprint density at radius 1 is 0.923 bits per heavy atom. The predicted molar refractivity (Wildman–Crippen MR) is 243 cm³/mol. The number of carbonyl (C=O) groups is 3. The van der Waals surface area contributed by atoms with Gasteiger partial charge < -0.3 is 35.8 Å². The molecule has 0 amide bonds. The summed E-state index contributed by atoms with van der Waals surface area (Å²) in [5, 5.41) is 32.1. The van der Waals surface area contributed by atoms with Gasteiger partial charge in [-0.05, 0) is 130 Å². The van der Waals surface area contributed by atoms with Crippen LogP contribution in [0.15, 0.2) is 53.0 Å². The van der Waals surface area contributed by atoms with E-state index in [2.05, 4.69) is 25.1 Å². The van der Waals surface area contributed by atoms with Gasteiger partial charge in [0.25, 0.3) is 0 Å². The number of carbonyl (C=O) groups excluding carboxylic acids is 1. The van der Waals surface area contributed by atoms with Crippen molar-refractivity contribution in [1.29, 1.82) is 0 Å². The van der Waals surface area contributed by atoms with Crippen molar-refractivity contribution < 1.29 is 42.9 Å². The molecule has 9 rings (SSSR count). The first-order valence-electron chi connectivity index (χ1n) is 23.2. The molecule has 0 spiro atoms. The molecule has 4 saturated carbocycles. The summed E-state index contributed by atoms with van der Waals surface area (Å²) in [5.41, 5.74) is 4.78. The Kier molecular flexibility index (Phi) is 13.8. The molecule has 0 radical (unpaired) electrons. The Balaban J connectivity index is 0.000000159. The summed E-state index contributed by atoms with van der Waals surface area (Å²) < 4.78 is 44.0. The fourth-order valence-corrected chi connectivity index (χ4v) is 12.6. The third-order valence-corrected chi connectivity index (χ3v) is 16.4. The Labute approximate surface area is 378 Å². The van der Waals surface area contributed by atoms with Gasteiger partial charge in [0.05, 0.1) is 23.3 Å². The average Bonchev–Trinajstić information content (AvgIpc) is 3.55. The zero-order valence-corrected chi connectivity index (χ0v) is 37.7. The van der Waals surface area contributed by atoms with E-state index in [9.17, 15) is 42.6 Å². The maximum Gasteiger partial charge on any atom is 0.341 e. The molecule has 3 aromatic rings. The lowest BCUT2D eigenvalue weighted by molar-refractivity contribution is -0.140. The maximum absolute atomic E-state index is 14.9. The van der Waals surface area contributed by atoms with E-state index in [0.29, 0.717) is 62.2 Å². The molecule has 11 nitrogen and oxygen atoms in total. The number of ketones is 1. The highest BCUT2D eigenvalue weighted by molar-refractivity contribution is 5.94. The van der Waals surface area contributed by atoms with Gasteiger partial charge in [0.2, 0.25) is 5.43 Å². The summed E-state index contributed by atoms with van der Waals surface area (Å²) >= 11 is 0. The number of aliphatic hydroxyl groups is 1. The summed E-state index contributed by atoms with van der Waals surface area (Å²) in [5.74, 6) is 0.261. The number of allylic oxidation sites excluding steroid dienone is 1. The topological polar surface area (TPSA) is 175 Å². The average molecular weight is 901 g/mol. The van der Waals surface area contributed by atoms with E-state index in [1.54, 1.807) is 4.90 Å². The minimum absolute atomic E-state index is 0.0793. The van der Waals surface area contributed by atoms with E-state index in [-0.39, 0.29) is 51.0 Å². The number of halogens is 3. The summed E-state index contributed by atoms with van der Waals surface area (Å²) in [6, 6.07) is 5.30. The normalized spacial score (nSPS) is 30.2. The highest BCUT2D eigenvalue weighted by atomic mass is 19.1. The van der Waals surface area contributed by atoms with Crippen molar-refractivity contribution in [1.82, 2.24) is 9.88 Å². The molecule has 2 aromatic carbocycles. The van der Waals surface area contributed by atoms with Gasteiger partial charge in [-0.25, -0.2) is 18.0 Å². The molecular formula is C51H63F3N4O7. The number of carboxylic acids is 2. The number of carboxylic acid groups (broad SMARTS) is 2. The van der Waals surface area contributed by atoms with Crippen LogP contribution >= 0.6 is 0 Å². The highest BCUT2D eigenvalue weighted by Gasteiger charge is 2.63. The van der Waals surface area contributed by atoms with Gasteiger partial charge in [-0.3, -0.25) is 14.4 Å². The summed E-state index contributed by atoms with van der Waals surface area (Å²) in [7, 11) is 0. The highest BCUT2D eigenvalue weighted by Crippen LogP contribution is 2.67. The molecule has 6 N–H and O–H groups in total. The molecule has 65 heavy (non-hydrogen) atoms. The van der Waals surface area contributed by atoms with Crippen LogP contribution in [-0.4, -0.2) is 75.4 Å². The van der Waals surface area contributed by atoms with Gasteiger partial charge >= 0.3 is 11.9 Å². The van der Waals surface area contributed by atoms with Gasteiger partial charge in [-0.2, -0.15) is 0 Å². The van der Waals surface area contributed by atoms with Gasteiger partial charge in [0.1, 0.15) is 28.6 Å². The van der Waals surface area contributed by atoms with Crippen LogP contribution in [0, 0.1) is 63.8 Å². The molecule has 1 saturated heterocycles. The first kappa shape index (κ1) is 48.0. The lowest BCUT2D eigenvalue weighted by Gasteiger charge is -2.58. The molecule has 5 fully saturated rings. The van der Waals surface area contributed by atoms with E-state index >= 15 is 0 Å². The molecule has 14 heteroatoms. The molecule has 5 aliphatic carbocycles. The third-order valence-electron chi connectivity index (χ3n) is 16.4. The third kappa shape index (κ3) is 9.13. The van der Waals surface area contributed by atoms with Gasteiger partial charge in [-0.15, -0.1) is 6.42 Å². The van der Waals surface area contributed by atoms with Crippen LogP contribution < -0.4 is 21.4 Å². The number of anilines is 1. The van der Waals surface area contributed by atoms with Crippen molar-refractivity contribution in [2.75, 3.05) is 31.1 Å². The molecule has 7 atom stereocenters. The summed E-state index contributed by atoms with van der Waals surface area (Å²) in [6.45, 7) is 8.79. The number of fused-ring (bicyclic) bond motifs is 6. The lowest BCUT2D eigenvalue weighted by Crippen LogP contribution is -2.54. The number of pyridine rings is 1. The number of benzene rings is 2. The van der Waals surface area contributed by atoms with E-state index < -0.39 is 46.0 Å². The molecule has 1 aromatic heterocycles. The van der Waals surface area contributed by atoms with Crippen LogP contribution in [0.2, 0.25) is 0 Å². The van der Waals surface area contributed by atoms with Crippen molar-refractivity contribution in [3.63, 3.8) is 0 Å². The van der Waals surface area contributed by atoms with Crippen LogP contribution in [-0.2, 0) is 9.59 Å². The Morgan fingerprint density at radius 2 is 1.63 bits per heavy atom. The smallest absolute Gasteiger partial charge is 0.341 e. The van der Waals surface area contributed by atoms with E-state index in [4.69, 9.17) is 17.3 Å². The number of nitrogens with two attached hydrogens (primary N) is 1. The number of aliphatic carboxylic acids is 1. The number of piperazine rings is 1. The van der Waals surface area contributed by atoms with Gasteiger partial charge in [0, 0.05) is 55.2 Å². The summed E-state index contributed by atoms with van der Waals surface area (Å²) in [6.07, 6.45) is 22.4. The number of hydrogen-bond donors (Lipinski definition) is 5. The van der Waals surface area contributed by atoms with Crippen LogP contribution in [0.5, 0.6) is 0 Å².